The SMILES string of the molecule is CC(O)C(C)(C)NCc1cccc2cccnc12. The molecule has 3 nitrogen and oxygen atoms in total. The van der Waals surface area contributed by atoms with Gasteiger partial charge in [0.15, 0.2) is 0 Å². The quantitative estimate of drug-likeness (QED) is 0.868. The lowest BCUT2D eigenvalue weighted by molar-refractivity contribution is 0.0957. The number of para-hydroxylation sites is 1. The Bertz CT molecular complexity index is 530. The third kappa shape index (κ3) is 2.68. The van der Waals surface area contributed by atoms with Crippen LogP contribution in [0, 0.1) is 0 Å². The molecule has 18 heavy (non-hydrogen) atoms. The number of rotatable bonds is 4. The average molecular weight is 244 g/mol. The molecular formula is C15H20N2O. The van der Waals surface area contributed by atoms with E-state index in [1.165, 1.54) is 0 Å². The number of benzene rings is 1. The standard InChI is InChI=1S/C15H20N2O/c1-11(18)15(2,3)17-10-13-7-4-6-12-8-5-9-16-14(12)13/h4-9,11,17-18H,10H2,1-3H3. The van der Waals surface area contributed by atoms with E-state index in [0.717, 1.165) is 16.5 Å². The first kappa shape index (κ1) is 13.0. The summed E-state index contributed by atoms with van der Waals surface area (Å²) < 4.78 is 0. The molecule has 1 aromatic heterocycles. The number of pyridine rings is 1. The molecule has 0 saturated carbocycles. The van der Waals surface area contributed by atoms with Crippen LogP contribution >= 0.6 is 0 Å². The van der Waals surface area contributed by atoms with Crippen molar-refractivity contribution in [1.29, 1.82) is 0 Å². The monoisotopic (exact) mass is 244 g/mol. The minimum atomic E-state index is -0.402. The molecule has 0 aliphatic heterocycles. The van der Waals surface area contributed by atoms with Crippen molar-refractivity contribution in [1.82, 2.24) is 10.3 Å². The minimum Gasteiger partial charge on any atom is -0.392 e. The topological polar surface area (TPSA) is 45.1 Å². The van der Waals surface area contributed by atoms with Crippen molar-refractivity contribution in [3.05, 3.63) is 42.1 Å². The Morgan fingerprint density at radius 1 is 1.28 bits per heavy atom. The van der Waals surface area contributed by atoms with Gasteiger partial charge in [0.2, 0.25) is 0 Å². The molecule has 1 aromatic carbocycles. The van der Waals surface area contributed by atoms with Crippen LogP contribution in [0.4, 0.5) is 0 Å². The van der Waals surface area contributed by atoms with Crippen molar-refractivity contribution in [2.75, 3.05) is 0 Å². The van der Waals surface area contributed by atoms with Crippen LogP contribution in [0.3, 0.4) is 0 Å². The highest BCUT2D eigenvalue weighted by Gasteiger charge is 2.23. The zero-order valence-electron chi connectivity index (χ0n) is 11.1. The van der Waals surface area contributed by atoms with E-state index in [2.05, 4.69) is 28.5 Å². The molecule has 2 rings (SSSR count). The van der Waals surface area contributed by atoms with E-state index in [4.69, 9.17) is 0 Å². The van der Waals surface area contributed by atoms with Crippen LogP contribution in [0.15, 0.2) is 36.5 Å². The molecule has 0 saturated heterocycles. The Labute approximate surface area is 108 Å². The molecular weight excluding hydrogens is 224 g/mol. The number of aliphatic hydroxyl groups is 1. The molecule has 0 aliphatic carbocycles. The van der Waals surface area contributed by atoms with Crippen molar-refractivity contribution >= 4 is 10.9 Å². The van der Waals surface area contributed by atoms with E-state index >= 15 is 0 Å². The van der Waals surface area contributed by atoms with Gasteiger partial charge in [0.1, 0.15) is 0 Å². The van der Waals surface area contributed by atoms with Crippen LogP contribution in [0.5, 0.6) is 0 Å². The maximum atomic E-state index is 9.69. The summed E-state index contributed by atoms with van der Waals surface area (Å²) in [6.45, 7) is 6.49. The highest BCUT2D eigenvalue weighted by molar-refractivity contribution is 5.81. The lowest BCUT2D eigenvalue weighted by Gasteiger charge is -2.29. The summed E-state index contributed by atoms with van der Waals surface area (Å²) >= 11 is 0. The first-order chi connectivity index (χ1) is 8.50. The zero-order chi connectivity index (χ0) is 13.2. The maximum Gasteiger partial charge on any atom is 0.0746 e. The molecule has 0 spiro atoms. The van der Waals surface area contributed by atoms with Gasteiger partial charge in [-0.3, -0.25) is 4.98 Å². The van der Waals surface area contributed by atoms with Gasteiger partial charge in [0.25, 0.3) is 0 Å². The van der Waals surface area contributed by atoms with E-state index in [9.17, 15) is 5.11 Å². The molecule has 3 heteroatoms. The fraction of sp³-hybridized carbons (Fsp3) is 0.400. The van der Waals surface area contributed by atoms with E-state index in [1.54, 1.807) is 6.92 Å². The number of fused-ring (bicyclic) bond motifs is 1. The maximum absolute atomic E-state index is 9.69. The van der Waals surface area contributed by atoms with Crippen molar-refractivity contribution in [2.45, 2.75) is 39.0 Å². The van der Waals surface area contributed by atoms with Crippen LogP contribution in [0.2, 0.25) is 0 Å². The summed E-state index contributed by atoms with van der Waals surface area (Å²) in [4.78, 5) is 4.42. The first-order valence-electron chi connectivity index (χ1n) is 6.26. The number of nitrogens with zero attached hydrogens (tertiary/aromatic N) is 1. The van der Waals surface area contributed by atoms with E-state index < -0.39 is 6.10 Å². The van der Waals surface area contributed by atoms with Gasteiger partial charge in [-0.1, -0.05) is 24.3 Å². The van der Waals surface area contributed by atoms with Crippen LogP contribution < -0.4 is 5.32 Å². The summed E-state index contributed by atoms with van der Waals surface area (Å²) in [5.41, 5.74) is 1.87. The minimum absolute atomic E-state index is 0.309. The number of aromatic nitrogens is 1. The Kier molecular flexibility index (Phi) is 3.64. The molecule has 96 valence electrons. The van der Waals surface area contributed by atoms with Crippen LogP contribution in [0.25, 0.3) is 10.9 Å². The molecule has 0 fully saturated rings. The highest BCUT2D eigenvalue weighted by atomic mass is 16.3. The lowest BCUT2D eigenvalue weighted by Crippen LogP contribution is -2.47. The third-order valence-corrected chi connectivity index (χ3v) is 3.50. The Morgan fingerprint density at radius 2 is 2.00 bits per heavy atom. The van der Waals surface area contributed by atoms with E-state index in [1.807, 2.05) is 32.2 Å². The van der Waals surface area contributed by atoms with Gasteiger partial charge >= 0.3 is 0 Å². The average Bonchev–Trinajstić information content (AvgIpc) is 2.36. The second kappa shape index (κ2) is 5.04. The van der Waals surface area contributed by atoms with Crippen LogP contribution in [-0.2, 0) is 6.54 Å². The third-order valence-electron chi connectivity index (χ3n) is 3.50. The van der Waals surface area contributed by atoms with Gasteiger partial charge in [-0.2, -0.15) is 0 Å². The smallest absolute Gasteiger partial charge is 0.0746 e. The molecule has 1 atom stereocenters. The highest BCUT2D eigenvalue weighted by Crippen LogP contribution is 2.17. The predicted molar refractivity (Wildman–Crippen MR) is 74.3 cm³/mol. The molecule has 0 bridgehead atoms. The normalized spacial score (nSPS) is 13.8. The van der Waals surface area contributed by atoms with Gasteiger partial charge in [0.05, 0.1) is 11.6 Å². The molecule has 2 N–H and O–H groups in total. The molecule has 2 aromatic rings. The largest absolute Gasteiger partial charge is 0.392 e. The fourth-order valence-corrected chi connectivity index (χ4v) is 1.78. The number of hydrogen-bond acceptors (Lipinski definition) is 3. The molecule has 1 heterocycles. The summed E-state index contributed by atoms with van der Waals surface area (Å²) in [7, 11) is 0. The van der Waals surface area contributed by atoms with Gasteiger partial charge in [-0.25, -0.2) is 0 Å². The summed E-state index contributed by atoms with van der Waals surface area (Å²) in [5, 5.41) is 14.2. The zero-order valence-corrected chi connectivity index (χ0v) is 11.1. The molecule has 0 aliphatic rings. The van der Waals surface area contributed by atoms with Crippen molar-refractivity contribution in [2.24, 2.45) is 0 Å². The summed E-state index contributed by atoms with van der Waals surface area (Å²) in [5.74, 6) is 0. The Hall–Kier alpha value is -1.45. The molecule has 0 radical (unpaired) electrons. The molecule has 1 unspecified atom stereocenters. The van der Waals surface area contributed by atoms with Crippen molar-refractivity contribution in [3.8, 4) is 0 Å². The Balaban J connectivity index is 2.22. The first-order valence-corrected chi connectivity index (χ1v) is 6.26. The number of hydrogen-bond donors (Lipinski definition) is 2. The Morgan fingerprint density at radius 3 is 2.72 bits per heavy atom. The van der Waals surface area contributed by atoms with Crippen molar-refractivity contribution < 1.29 is 5.11 Å². The van der Waals surface area contributed by atoms with E-state index in [-0.39, 0.29) is 5.54 Å². The van der Waals surface area contributed by atoms with Gasteiger partial charge < -0.3 is 10.4 Å². The predicted octanol–water partition coefficient (Wildman–Crippen LogP) is 2.48. The number of aliphatic hydroxyl groups excluding tert-OH is 1. The summed E-state index contributed by atoms with van der Waals surface area (Å²) in [6.07, 6.45) is 1.41. The van der Waals surface area contributed by atoms with Crippen LogP contribution in [0.1, 0.15) is 26.3 Å². The van der Waals surface area contributed by atoms with Gasteiger partial charge in [-0.15, -0.1) is 0 Å². The van der Waals surface area contributed by atoms with Gasteiger partial charge in [-0.05, 0) is 32.4 Å². The van der Waals surface area contributed by atoms with Crippen molar-refractivity contribution in [3.63, 3.8) is 0 Å². The van der Waals surface area contributed by atoms with E-state index in [0.29, 0.717) is 6.54 Å². The summed E-state index contributed by atoms with van der Waals surface area (Å²) in [6, 6.07) is 10.2. The lowest BCUT2D eigenvalue weighted by atomic mass is 9.98. The van der Waals surface area contributed by atoms with Crippen LogP contribution in [-0.4, -0.2) is 21.7 Å². The fourth-order valence-electron chi connectivity index (χ4n) is 1.78. The second-order valence-corrected chi connectivity index (χ2v) is 5.24. The number of nitrogens with one attached hydrogen (secondary N) is 1. The molecule has 0 amide bonds. The van der Waals surface area contributed by atoms with Gasteiger partial charge in [0, 0.05) is 23.7 Å². The second-order valence-electron chi connectivity index (χ2n) is 5.24.